The molecule has 1 aliphatic rings. The zero-order valence-corrected chi connectivity index (χ0v) is 15.4. The Hall–Kier alpha value is -3.26. The number of aryl methyl sites for hydroxylation is 1. The van der Waals surface area contributed by atoms with Crippen molar-refractivity contribution in [3.63, 3.8) is 0 Å². The summed E-state index contributed by atoms with van der Waals surface area (Å²) < 4.78 is 12.4. The van der Waals surface area contributed by atoms with Gasteiger partial charge in [-0.3, -0.25) is 4.79 Å². The minimum absolute atomic E-state index is 0.0434. The maximum atomic E-state index is 12.5. The topological polar surface area (TPSA) is 99.2 Å². The molecule has 8 nitrogen and oxygen atoms in total. The fourth-order valence-corrected chi connectivity index (χ4v) is 3.24. The van der Waals surface area contributed by atoms with Crippen molar-refractivity contribution in [2.45, 2.75) is 25.8 Å². The molecule has 1 atom stereocenters. The number of nitrogens with zero attached hydrogens (tertiary/aromatic N) is 3. The van der Waals surface area contributed by atoms with Crippen LogP contribution in [0.15, 0.2) is 52.2 Å². The van der Waals surface area contributed by atoms with E-state index in [1.165, 1.54) is 6.33 Å². The van der Waals surface area contributed by atoms with Crippen molar-refractivity contribution in [3.05, 3.63) is 75.9 Å². The molecule has 0 radical (unpaired) electrons. The smallest absolute Gasteiger partial charge is 0.349 e. The van der Waals surface area contributed by atoms with Gasteiger partial charge in [0.1, 0.15) is 24.0 Å². The Morgan fingerprint density at radius 1 is 1.32 bits per heavy atom. The van der Waals surface area contributed by atoms with Gasteiger partial charge in [-0.1, -0.05) is 12.1 Å². The van der Waals surface area contributed by atoms with E-state index in [2.05, 4.69) is 15.4 Å². The summed E-state index contributed by atoms with van der Waals surface area (Å²) in [5.74, 6) is 0.216. The monoisotopic (exact) mass is 380 g/mol. The van der Waals surface area contributed by atoms with E-state index < -0.39 is 11.5 Å². The van der Waals surface area contributed by atoms with Crippen molar-refractivity contribution in [1.82, 2.24) is 20.1 Å². The Morgan fingerprint density at radius 2 is 2.14 bits per heavy atom. The standard InChI is InChI=1S/C20H20N4O4/c1-13-8-17(15-6-7-27-10-15)28-20(26)18(13)19(25)22-9-14-2-4-16(5-3-14)24-12-21-11-23-24/h2-5,8,11-12,15H,6-7,9-10H2,1H3,(H,22,25). The minimum atomic E-state index is -0.610. The first kappa shape index (κ1) is 18.1. The zero-order valence-electron chi connectivity index (χ0n) is 15.4. The van der Waals surface area contributed by atoms with Crippen molar-refractivity contribution < 1.29 is 13.9 Å². The third-order valence-corrected chi connectivity index (χ3v) is 4.80. The van der Waals surface area contributed by atoms with E-state index in [0.717, 1.165) is 17.7 Å². The molecular weight excluding hydrogens is 360 g/mol. The lowest BCUT2D eigenvalue weighted by atomic mass is 10.0. The lowest BCUT2D eigenvalue weighted by Gasteiger charge is -2.11. The second-order valence-corrected chi connectivity index (χ2v) is 6.74. The first-order valence-corrected chi connectivity index (χ1v) is 9.06. The van der Waals surface area contributed by atoms with Crippen molar-refractivity contribution in [3.8, 4) is 5.69 Å². The normalized spacial score (nSPS) is 16.2. The molecule has 1 aliphatic heterocycles. The summed E-state index contributed by atoms with van der Waals surface area (Å²) in [7, 11) is 0. The van der Waals surface area contributed by atoms with Crippen LogP contribution in [0.1, 0.15) is 39.6 Å². The van der Waals surface area contributed by atoms with Gasteiger partial charge in [0, 0.05) is 19.1 Å². The van der Waals surface area contributed by atoms with E-state index in [1.54, 1.807) is 24.0 Å². The van der Waals surface area contributed by atoms with Crippen molar-refractivity contribution >= 4 is 5.91 Å². The molecule has 144 valence electrons. The molecule has 4 rings (SSSR count). The molecule has 0 bridgehead atoms. The fourth-order valence-electron chi connectivity index (χ4n) is 3.24. The van der Waals surface area contributed by atoms with Crippen LogP contribution >= 0.6 is 0 Å². The molecule has 1 fully saturated rings. The summed E-state index contributed by atoms with van der Waals surface area (Å²) in [5, 5.41) is 6.85. The molecule has 1 N–H and O–H groups in total. The van der Waals surface area contributed by atoms with E-state index in [4.69, 9.17) is 9.15 Å². The van der Waals surface area contributed by atoms with Crippen LogP contribution in [-0.2, 0) is 11.3 Å². The Balaban J connectivity index is 1.44. The van der Waals surface area contributed by atoms with Crippen LogP contribution < -0.4 is 10.9 Å². The largest absolute Gasteiger partial charge is 0.427 e. The predicted molar refractivity (Wildman–Crippen MR) is 100 cm³/mol. The average molecular weight is 380 g/mol. The summed E-state index contributed by atoms with van der Waals surface area (Å²) >= 11 is 0. The number of hydrogen-bond donors (Lipinski definition) is 1. The molecule has 28 heavy (non-hydrogen) atoms. The Labute approximate surface area is 161 Å². The zero-order chi connectivity index (χ0) is 19.5. The number of amides is 1. The van der Waals surface area contributed by atoms with Crippen LogP contribution in [0.3, 0.4) is 0 Å². The molecule has 3 heterocycles. The number of rotatable bonds is 5. The molecule has 0 saturated carbocycles. The van der Waals surface area contributed by atoms with E-state index in [1.807, 2.05) is 24.3 Å². The number of hydrogen-bond acceptors (Lipinski definition) is 6. The minimum Gasteiger partial charge on any atom is -0.427 e. The number of ether oxygens (including phenoxy) is 1. The van der Waals surface area contributed by atoms with Gasteiger partial charge in [0.25, 0.3) is 5.91 Å². The van der Waals surface area contributed by atoms with Gasteiger partial charge in [0.15, 0.2) is 0 Å². The summed E-state index contributed by atoms with van der Waals surface area (Å²) in [6, 6.07) is 9.30. The maximum Gasteiger partial charge on any atom is 0.349 e. The molecule has 3 aromatic rings. The third kappa shape index (κ3) is 3.72. The molecule has 0 aliphatic carbocycles. The highest BCUT2D eigenvalue weighted by molar-refractivity contribution is 5.95. The van der Waals surface area contributed by atoms with Gasteiger partial charge in [-0.15, -0.1) is 0 Å². The van der Waals surface area contributed by atoms with Crippen molar-refractivity contribution in [1.29, 1.82) is 0 Å². The molecule has 2 aromatic heterocycles. The summed E-state index contributed by atoms with van der Waals surface area (Å²) in [4.78, 5) is 28.8. The van der Waals surface area contributed by atoms with E-state index in [0.29, 0.717) is 31.1 Å². The number of benzene rings is 1. The van der Waals surface area contributed by atoms with Gasteiger partial charge in [-0.25, -0.2) is 14.5 Å². The lowest BCUT2D eigenvalue weighted by Crippen LogP contribution is -2.29. The molecule has 0 spiro atoms. The SMILES string of the molecule is Cc1cc(C2CCOC2)oc(=O)c1C(=O)NCc1ccc(-n2cncn2)cc1. The Kier molecular flexibility index (Phi) is 5.03. The van der Waals surface area contributed by atoms with Crippen LogP contribution in [0.2, 0.25) is 0 Å². The van der Waals surface area contributed by atoms with E-state index in [-0.39, 0.29) is 11.5 Å². The fraction of sp³-hybridized carbons (Fsp3) is 0.300. The van der Waals surface area contributed by atoms with Gasteiger partial charge >= 0.3 is 5.63 Å². The second kappa shape index (κ2) is 7.77. The van der Waals surface area contributed by atoms with Crippen molar-refractivity contribution in [2.75, 3.05) is 13.2 Å². The summed E-state index contributed by atoms with van der Waals surface area (Å²) in [5.41, 5.74) is 1.81. The van der Waals surface area contributed by atoms with Crippen molar-refractivity contribution in [2.24, 2.45) is 0 Å². The molecule has 1 amide bonds. The van der Waals surface area contributed by atoms with Gasteiger partial charge in [0.05, 0.1) is 12.3 Å². The number of aromatic nitrogens is 3. The van der Waals surface area contributed by atoms with Crippen LogP contribution in [0.5, 0.6) is 0 Å². The number of nitrogens with one attached hydrogen (secondary N) is 1. The van der Waals surface area contributed by atoms with Gasteiger partial charge in [0.2, 0.25) is 0 Å². The Bertz CT molecular complexity index is 1020. The lowest BCUT2D eigenvalue weighted by molar-refractivity contribution is 0.0945. The highest BCUT2D eigenvalue weighted by Crippen LogP contribution is 2.25. The van der Waals surface area contributed by atoms with Crippen LogP contribution in [0.4, 0.5) is 0 Å². The maximum absolute atomic E-state index is 12.5. The Morgan fingerprint density at radius 3 is 2.79 bits per heavy atom. The molecule has 1 aromatic carbocycles. The first-order chi connectivity index (χ1) is 13.6. The van der Waals surface area contributed by atoms with E-state index in [9.17, 15) is 9.59 Å². The van der Waals surface area contributed by atoms with Crippen LogP contribution in [-0.4, -0.2) is 33.9 Å². The van der Waals surface area contributed by atoms with Gasteiger partial charge < -0.3 is 14.5 Å². The summed E-state index contributed by atoms with van der Waals surface area (Å²) in [6.45, 7) is 3.25. The van der Waals surface area contributed by atoms with Gasteiger partial charge in [-0.2, -0.15) is 5.10 Å². The number of carbonyl (C=O) groups is 1. The van der Waals surface area contributed by atoms with Crippen LogP contribution in [0.25, 0.3) is 5.69 Å². The van der Waals surface area contributed by atoms with Crippen LogP contribution in [0, 0.1) is 6.92 Å². The second-order valence-electron chi connectivity index (χ2n) is 6.74. The number of carbonyl (C=O) groups excluding carboxylic acids is 1. The molecule has 8 heteroatoms. The third-order valence-electron chi connectivity index (χ3n) is 4.80. The average Bonchev–Trinajstić information content (AvgIpc) is 3.40. The summed E-state index contributed by atoms with van der Waals surface area (Å²) in [6.07, 6.45) is 3.89. The molecule has 1 unspecified atom stereocenters. The quantitative estimate of drug-likeness (QED) is 0.726. The highest BCUT2D eigenvalue weighted by atomic mass is 16.5. The highest BCUT2D eigenvalue weighted by Gasteiger charge is 2.24. The van der Waals surface area contributed by atoms with E-state index >= 15 is 0 Å². The molecular formula is C20H20N4O4. The van der Waals surface area contributed by atoms with Gasteiger partial charge in [-0.05, 0) is 42.7 Å². The molecule has 1 saturated heterocycles. The first-order valence-electron chi connectivity index (χ1n) is 9.06. The predicted octanol–water partition coefficient (Wildman–Crippen LogP) is 1.96.